The average Bonchev–Trinajstić information content (AvgIpc) is 3.56. The van der Waals surface area contributed by atoms with Gasteiger partial charge in [-0.15, -0.1) is 5.92 Å². The Labute approximate surface area is 272 Å². The maximum absolute atomic E-state index is 11.2. The first-order chi connectivity index (χ1) is 22.3. The highest BCUT2D eigenvalue weighted by molar-refractivity contribution is 5.42. The van der Waals surface area contributed by atoms with Crippen molar-refractivity contribution >= 4 is 5.82 Å². The van der Waals surface area contributed by atoms with Crippen molar-refractivity contribution in [2.75, 3.05) is 12.3 Å². The van der Waals surface area contributed by atoms with E-state index in [1.807, 2.05) is 18.2 Å². The zero-order chi connectivity index (χ0) is 32.9. The SMILES string of the molecule is CCC1C#CCC(C(O)CCc2ccc(O)c(OC(CC(Cc3ccc[n-]3)c3ccnc(N)c3)C(O)CCO)c2)C(O)CCCC1. The van der Waals surface area contributed by atoms with E-state index in [1.54, 1.807) is 36.7 Å². The fourth-order valence-electron chi connectivity index (χ4n) is 6.33. The molecule has 7 N–H and O–H groups in total. The number of aliphatic hydroxyl groups excluding tert-OH is 4. The summed E-state index contributed by atoms with van der Waals surface area (Å²) in [7, 11) is 0. The largest absolute Gasteiger partial charge is 0.668 e. The first-order valence-electron chi connectivity index (χ1n) is 16.7. The van der Waals surface area contributed by atoms with E-state index in [2.05, 4.69) is 28.7 Å². The first-order valence-corrected chi connectivity index (χ1v) is 16.7. The second-order valence-corrected chi connectivity index (χ2v) is 12.6. The normalized spacial score (nSPS) is 21.4. The average molecular weight is 633 g/mol. The smallest absolute Gasteiger partial charge is 0.161 e. The van der Waals surface area contributed by atoms with E-state index < -0.39 is 24.4 Å². The van der Waals surface area contributed by atoms with Crippen LogP contribution in [-0.4, -0.2) is 61.5 Å². The number of rotatable bonds is 15. The number of phenols is 1. The number of nitrogen functional groups attached to an aromatic ring is 1. The fraction of sp³-hybridized carbons (Fsp3) is 0.541. The van der Waals surface area contributed by atoms with Gasteiger partial charge in [0.25, 0.3) is 0 Å². The Morgan fingerprint density at radius 3 is 2.67 bits per heavy atom. The lowest BCUT2D eigenvalue weighted by molar-refractivity contribution is 0.00552. The number of phenolic OH excluding ortho intramolecular Hbond substituents is 1. The third kappa shape index (κ3) is 10.5. The van der Waals surface area contributed by atoms with E-state index in [0.29, 0.717) is 50.3 Å². The zero-order valence-corrected chi connectivity index (χ0v) is 26.8. The number of nitrogens with two attached hydrogens (primary N) is 1. The van der Waals surface area contributed by atoms with Gasteiger partial charge in [-0.2, -0.15) is 11.9 Å². The van der Waals surface area contributed by atoms with Gasteiger partial charge in [-0.3, -0.25) is 0 Å². The molecule has 46 heavy (non-hydrogen) atoms. The molecule has 0 saturated heterocycles. The van der Waals surface area contributed by atoms with Gasteiger partial charge in [0.2, 0.25) is 0 Å². The molecule has 4 rings (SSSR count). The molecule has 0 fully saturated rings. The molecule has 250 valence electrons. The number of pyridine rings is 1. The Bertz CT molecular complexity index is 1390. The lowest BCUT2D eigenvalue weighted by Gasteiger charge is -2.30. The third-order valence-electron chi connectivity index (χ3n) is 9.18. The lowest BCUT2D eigenvalue weighted by Crippen LogP contribution is -2.34. The van der Waals surface area contributed by atoms with Gasteiger partial charge < -0.3 is 41.0 Å². The molecule has 3 aromatic rings. The van der Waals surface area contributed by atoms with Gasteiger partial charge in [0.15, 0.2) is 11.5 Å². The van der Waals surface area contributed by atoms with Crippen LogP contribution in [0.3, 0.4) is 0 Å². The van der Waals surface area contributed by atoms with Crippen LogP contribution in [0.2, 0.25) is 0 Å². The number of anilines is 1. The Hall–Kier alpha value is -3.55. The van der Waals surface area contributed by atoms with E-state index in [9.17, 15) is 25.5 Å². The van der Waals surface area contributed by atoms with Crippen molar-refractivity contribution in [2.24, 2.45) is 11.8 Å². The van der Waals surface area contributed by atoms with Crippen LogP contribution in [0.1, 0.15) is 87.4 Å². The highest BCUT2D eigenvalue weighted by Crippen LogP contribution is 2.34. The van der Waals surface area contributed by atoms with Crippen molar-refractivity contribution in [2.45, 2.75) is 108 Å². The van der Waals surface area contributed by atoms with Crippen LogP contribution in [-0.2, 0) is 12.8 Å². The minimum absolute atomic E-state index is 0.0728. The summed E-state index contributed by atoms with van der Waals surface area (Å²) in [4.78, 5) is 8.54. The van der Waals surface area contributed by atoms with Crippen LogP contribution >= 0.6 is 0 Å². The molecule has 0 bridgehead atoms. The van der Waals surface area contributed by atoms with E-state index >= 15 is 0 Å². The molecule has 1 aliphatic rings. The van der Waals surface area contributed by atoms with Crippen LogP contribution < -0.4 is 15.5 Å². The van der Waals surface area contributed by atoms with Gasteiger partial charge in [-0.05, 0) is 86.3 Å². The molecular formula is C37H50N3O6-. The van der Waals surface area contributed by atoms with Crippen LogP contribution in [0, 0.1) is 23.7 Å². The number of benzene rings is 1. The minimum Gasteiger partial charge on any atom is -0.668 e. The number of aromatic nitrogens is 2. The van der Waals surface area contributed by atoms with Crippen molar-refractivity contribution in [1.82, 2.24) is 9.97 Å². The van der Waals surface area contributed by atoms with Crippen LogP contribution in [0.5, 0.6) is 11.5 Å². The fourth-order valence-corrected chi connectivity index (χ4v) is 6.33. The maximum atomic E-state index is 11.2. The lowest BCUT2D eigenvalue weighted by atomic mass is 9.85. The molecule has 7 atom stereocenters. The molecule has 0 spiro atoms. The molecule has 7 unspecified atom stereocenters. The number of aromatic hydroxyl groups is 1. The monoisotopic (exact) mass is 632 g/mol. The van der Waals surface area contributed by atoms with Gasteiger partial charge in [-0.1, -0.05) is 43.9 Å². The molecule has 1 aliphatic carbocycles. The number of hydrogen-bond acceptors (Lipinski definition) is 8. The summed E-state index contributed by atoms with van der Waals surface area (Å²) in [6, 6.07) is 12.6. The van der Waals surface area contributed by atoms with Crippen molar-refractivity contribution in [3.05, 3.63) is 71.7 Å². The van der Waals surface area contributed by atoms with Gasteiger partial charge in [0, 0.05) is 37.5 Å². The van der Waals surface area contributed by atoms with Crippen LogP contribution in [0.15, 0.2) is 54.9 Å². The maximum Gasteiger partial charge on any atom is 0.161 e. The van der Waals surface area contributed by atoms with Crippen molar-refractivity contribution < 1.29 is 30.3 Å². The molecule has 0 saturated carbocycles. The summed E-state index contributed by atoms with van der Waals surface area (Å²) in [5.41, 5.74) is 8.65. The Balaban J connectivity index is 1.49. The van der Waals surface area contributed by atoms with Gasteiger partial charge in [-0.25, -0.2) is 4.98 Å². The molecule has 2 heterocycles. The molecule has 9 nitrogen and oxygen atoms in total. The molecule has 9 heteroatoms. The zero-order valence-electron chi connectivity index (χ0n) is 26.8. The van der Waals surface area contributed by atoms with Crippen molar-refractivity contribution in [3.63, 3.8) is 0 Å². The molecule has 0 aliphatic heterocycles. The third-order valence-corrected chi connectivity index (χ3v) is 9.18. The number of nitrogens with zero attached hydrogens (tertiary/aromatic N) is 2. The number of aryl methyl sites for hydroxylation is 1. The summed E-state index contributed by atoms with van der Waals surface area (Å²) < 4.78 is 6.32. The van der Waals surface area contributed by atoms with Crippen molar-refractivity contribution in [1.29, 1.82) is 0 Å². The second kappa shape index (κ2) is 18.0. The Kier molecular flexibility index (Phi) is 13.8. The summed E-state index contributed by atoms with van der Waals surface area (Å²) in [6.07, 6.45) is 7.33. The Morgan fingerprint density at radius 2 is 1.93 bits per heavy atom. The highest BCUT2D eigenvalue weighted by atomic mass is 16.5. The predicted molar refractivity (Wildman–Crippen MR) is 178 cm³/mol. The highest BCUT2D eigenvalue weighted by Gasteiger charge is 2.29. The van der Waals surface area contributed by atoms with E-state index in [-0.39, 0.29) is 36.4 Å². The molecular weight excluding hydrogens is 582 g/mol. The summed E-state index contributed by atoms with van der Waals surface area (Å²) in [5, 5.41) is 53.5. The molecule has 0 amide bonds. The Morgan fingerprint density at radius 1 is 1.11 bits per heavy atom. The quantitative estimate of drug-likeness (QED) is 0.132. The van der Waals surface area contributed by atoms with Gasteiger partial charge in [0.05, 0.1) is 18.3 Å². The van der Waals surface area contributed by atoms with E-state index in [0.717, 1.165) is 42.5 Å². The topological polar surface area (TPSA) is 163 Å². The van der Waals surface area contributed by atoms with Gasteiger partial charge in [0.1, 0.15) is 11.9 Å². The predicted octanol–water partition coefficient (Wildman–Crippen LogP) is 4.50. The van der Waals surface area contributed by atoms with Crippen molar-refractivity contribution in [3.8, 4) is 23.3 Å². The first kappa shape index (κ1) is 35.3. The van der Waals surface area contributed by atoms with E-state index in [1.165, 1.54) is 0 Å². The minimum atomic E-state index is -1.01. The molecule has 1 aromatic carbocycles. The number of aliphatic hydroxyl groups is 4. The van der Waals surface area contributed by atoms with Gasteiger partial charge >= 0.3 is 0 Å². The standard InChI is InChI=1S/C37H50N3O6/c1-2-25-7-3-4-11-31(42)30(10-5-8-25)32(43)14-12-26-13-15-33(44)35(21-26)46-36(34(45)17-20-41)23-28(22-29-9-6-18-39-29)27-16-19-40-37(38)24-27/h6,9,13,15-16,18-19,21,24-25,28,30-32,34,36,41-45H,2-4,7,10-12,14,17,20,22-23H2,1H3,(H2,38,40)/q-1. The molecule has 0 radical (unpaired) electrons. The van der Waals surface area contributed by atoms with E-state index in [4.69, 9.17) is 10.5 Å². The summed E-state index contributed by atoms with van der Waals surface area (Å²) >= 11 is 0. The molecule has 2 aromatic heterocycles. The number of hydrogen-bond donors (Lipinski definition) is 6. The van der Waals surface area contributed by atoms with Crippen LogP contribution in [0.4, 0.5) is 5.82 Å². The summed E-state index contributed by atoms with van der Waals surface area (Å²) in [5.74, 6) is 7.00. The summed E-state index contributed by atoms with van der Waals surface area (Å²) in [6.45, 7) is 1.92. The van der Waals surface area contributed by atoms with Crippen LogP contribution in [0.25, 0.3) is 0 Å². The second-order valence-electron chi connectivity index (χ2n) is 12.6. The number of ether oxygens (including phenoxy) is 1.